The molecule has 4 heteroatoms. The van der Waals surface area contributed by atoms with Crippen LogP contribution < -0.4 is 0 Å². The van der Waals surface area contributed by atoms with Crippen molar-refractivity contribution in [2.45, 2.75) is 24.1 Å². The molecule has 0 spiro atoms. The highest BCUT2D eigenvalue weighted by molar-refractivity contribution is 7.99. The smallest absolute Gasteiger partial charge is 0.307 e. The van der Waals surface area contributed by atoms with E-state index >= 15 is 0 Å². The van der Waals surface area contributed by atoms with Gasteiger partial charge in [0.1, 0.15) is 0 Å². The van der Waals surface area contributed by atoms with Gasteiger partial charge in [0.25, 0.3) is 0 Å². The summed E-state index contributed by atoms with van der Waals surface area (Å²) in [6.07, 6.45) is 0. The fraction of sp³-hybridized carbons (Fsp3) is 0.308. The molecule has 0 aliphatic carbocycles. The highest BCUT2D eigenvalue weighted by Gasteiger charge is 2.20. The lowest BCUT2D eigenvalue weighted by Crippen LogP contribution is -2.19. The van der Waals surface area contributed by atoms with Gasteiger partial charge in [-0.05, 0) is 12.1 Å². The predicted octanol–water partition coefficient (Wildman–Crippen LogP) is 3.37. The molecule has 0 fully saturated rings. The summed E-state index contributed by atoms with van der Waals surface area (Å²) in [7, 11) is 0. The van der Waals surface area contributed by atoms with Gasteiger partial charge in [0.15, 0.2) is 0 Å². The maximum Gasteiger partial charge on any atom is 0.307 e. The molecule has 17 heavy (non-hydrogen) atoms. The van der Waals surface area contributed by atoms with Gasteiger partial charge in [0.05, 0.1) is 10.9 Å². The lowest BCUT2D eigenvalue weighted by atomic mass is 10.1. The number of fused-ring (bicyclic) bond motifs is 1. The Balaban J connectivity index is 2.15. The number of nitrogens with one attached hydrogen (secondary N) is 1. The number of aliphatic carboxylic acids is 1. The summed E-state index contributed by atoms with van der Waals surface area (Å²) in [5.41, 5.74) is 1.09. The van der Waals surface area contributed by atoms with Crippen molar-refractivity contribution in [1.29, 1.82) is 0 Å². The third kappa shape index (κ3) is 2.64. The molecule has 0 aliphatic heterocycles. The van der Waals surface area contributed by atoms with E-state index in [1.807, 2.05) is 31.2 Å². The minimum absolute atomic E-state index is 0.0422. The first-order chi connectivity index (χ1) is 8.08. The second-order valence-electron chi connectivity index (χ2n) is 4.17. The van der Waals surface area contributed by atoms with Crippen LogP contribution in [0.3, 0.4) is 0 Å². The summed E-state index contributed by atoms with van der Waals surface area (Å²) in [5.74, 6) is -1.10. The molecular formula is C13H15NO2S. The zero-order valence-electron chi connectivity index (χ0n) is 9.81. The van der Waals surface area contributed by atoms with Gasteiger partial charge in [-0.3, -0.25) is 4.79 Å². The highest BCUT2D eigenvalue weighted by atomic mass is 32.2. The fourth-order valence-electron chi connectivity index (χ4n) is 1.61. The first-order valence-corrected chi connectivity index (χ1v) is 6.43. The number of carboxylic acids is 1. The van der Waals surface area contributed by atoms with Gasteiger partial charge in [-0.25, -0.2) is 0 Å². The molecule has 0 saturated carbocycles. The Morgan fingerprint density at radius 2 is 2.06 bits per heavy atom. The molecule has 90 valence electrons. The monoisotopic (exact) mass is 249 g/mol. The van der Waals surface area contributed by atoms with Crippen LogP contribution in [0.4, 0.5) is 0 Å². The number of hydrogen-bond donors (Lipinski definition) is 2. The number of para-hydroxylation sites is 1. The average molecular weight is 249 g/mol. The fourth-order valence-corrected chi connectivity index (χ4v) is 2.70. The van der Waals surface area contributed by atoms with Crippen LogP contribution in [0, 0.1) is 5.92 Å². The standard InChI is InChI=1S/C13H15NO2S/c1-8(13(15)16)9(2)17-12-7-10-5-3-4-6-11(10)14-12/h3-9,14H,1-2H3,(H,15,16). The summed E-state index contributed by atoms with van der Waals surface area (Å²) < 4.78 is 0. The Bertz CT molecular complexity index is 502. The largest absolute Gasteiger partial charge is 0.481 e. The summed E-state index contributed by atoms with van der Waals surface area (Å²) in [5, 5.41) is 11.2. The van der Waals surface area contributed by atoms with Crippen LogP contribution in [0.15, 0.2) is 35.4 Å². The van der Waals surface area contributed by atoms with E-state index in [0.29, 0.717) is 0 Å². The Morgan fingerprint density at radius 3 is 2.71 bits per heavy atom. The Morgan fingerprint density at radius 1 is 1.35 bits per heavy atom. The third-order valence-corrected chi connectivity index (χ3v) is 4.17. The summed E-state index contributed by atoms with van der Waals surface area (Å²) in [6.45, 7) is 3.68. The molecule has 1 aromatic carbocycles. The molecule has 1 heterocycles. The molecule has 2 aromatic rings. The molecule has 1 aromatic heterocycles. The van der Waals surface area contributed by atoms with Crippen molar-refractivity contribution in [3.05, 3.63) is 30.3 Å². The molecule has 3 nitrogen and oxygen atoms in total. The van der Waals surface area contributed by atoms with Crippen molar-refractivity contribution in [1.82, 2.24) is 4.98 Å². The SMILES string of the molecule is CC(Sc1cc2ccccc2[nH]1)C(C)C(=O)O. The van der Waals surface area contributed by atoms with Gasteiger partial charge in [-0.2, -0.15) is 0 Å². The molecule has 0 amide bonds. The quantitative estimate of drug-likeness (QED) is 0.817. The molecule has 2 atom stereocenters. The van der Waals surface area contributed by atoms with Gasteiger partial charge in [0.2, 0.25) is 0 Å². The summed E-state index contributed by atoms with van der Waals surface area (Å²) in [6, 6.07) is 10.1. The van der Waals surface area contributed by atoms with E-state index in [2.05, 4.69) is 11.1 Å². The summed E-state index contributed by atoms with van der Waals surface area (Å²) in [4.78, 5) is 14.2. The normalized spacial score (nSPS) is 14.7. The number of H-pyrrole nitrogens is 1. The molecule has 0 bridgehead atoms. The van der Waals surface area contributed by atoms with Crippen molar-refractivity contribution in [2.75, 3.05) is 0 Å². The number of aromatic nitrogens is 1. The Kier molecular flexibility index (Phi) is 3.43. The van der Waals surface area contributed by atoms with E-state index in [1.54, 1.807) is 18.7 Å². The van der Waals surface area contributed by atoms with Crippen molar-refractivity contribution < 1.29 is 9.90 Å². The summed E-state index contributed by atoms with van der Waals surface area (Å²) >= 11 is 1.57. The van der Waals surface area contributed by atoms with Crippen LogP contribution in [0.1, 0.15) is 13.8 Å². The Labute approximate surface area is 104 Å². The average Bonchev–Trinajstić information content (AvgIpc) is 2.69. The van der Waals surface area contributed by atoms with Gasteiger partial charge in [-0.1, -0.05) is 32.0 Å². The van der Waals surface area contributed by atoms with E-state index in [4.69, 9.17) is 5.11 Å². The van der Waals surface area contributed by atoms with Gasteiger partial charge >= 0.3 is 5.97 Å². The Hall–Kier alpha value is -1.42. The maximum absolute atomic E-state index is 10.9. The lowest BCUT2D eigenvalue weighted by molar-refractivity contribution is -0.140. The second-order valence-corrected chi connectivity index (χ2v) is 5.59. The second kappa shape index (κ2) is 4.84. The topological polar surface area (TPSA) is 53.1 Å². The number of thioether (sulfide) groups is 1. The van der Waals surface area contributed by atoms with E-state index in [0.717, 1.165) is 15.9 Å². The van der Waals surface area contributed by atoms with Gasteiger partial charge < -0.3 is 10.1 Å². The molecule has 0 aliphatic rings. The van der Waals surface area contributed by atoms with Gasteiger partial charge in [0, 0.05) is 16.2 Å². The first kappa shape index (κ1) is 12.0. The number of carbonyl (C=O) groups is 1. The zero-order valence-corrected chi connectivity index (χ0v) is 10.6. The number of carboxylic acid groups (broad SMARTS) is 1. The van der Waals surface area contributed by atoms with Crippen LogP contribution in [0.25, 0.3) is 10.9 Å². The number of benzene rings is 1. The minimum Gasteiger partial charge on any atom is -0.481 e. The molecule has 2 rings (SSSR count). The third-order valence-electron chi connectivity index (χ3n) is 2.91. The van der Waals surface area contributed by atoms with Crippen molar-refractivity contribution in [2.24, 2.45) is 5.92 Å². The molecule has 2 N–H and O–H groups in total. The van der Waals surface area contributed by atoms with Gasteiger partial charge in [-0.15, -0.1) is 11.8 Å². The number of rotatable bonds is 4. The van der Waals surface area contributed by atoms with Crippen LogP contribution in [0.2, 0.25) is 0 Å². The lowest BCUT2D eigenvalue weighted by Gasteiger charge is -2.13. The molecule has 0 saturated heterocycles. The van der Waals surface area contributed by atoms with Crippen molar-refractivity contribution >= 4 is 28.6 Å². The minimum atomic E-state index is -0.749. The molecular weight excluding hydrogens is 234 g/mol. The van der Waals surface area contributed by atoms with E-state index < -0.39 is 5.97 Å². The number of hydrogen-bond acceptors (Lipinski definition) is 2. The van der Waals surface area contributed by atoms with Crippen molar-refractivity contribution in [3.63, 3.8) is 0 Å². The number of aromatic amines is 1. The van der Waals surface area contributed by atoms with Crippen LogP contribution in [-0.2, 0) is 4.79 Å². The maximum atomic E-state index is 10.9. The predicted molar refractivity (Wildman–Crippen MR) is 70.4 cm³/mol. The highest BCUT2D eigenvalue weighted by Crippen LogP contribution is 2.29. The zero-order chi connectivity index (χ0) is 12.4. The van der Waals surface area contributed by atoms with E-state index in [9.17, 15) is 4.79 Å². The van der Waals surface area contributed by atoms with Crippen LogP contribution in [-0.4, -0.2) is 21.3 Å². The first-order valence-electron chi connectivity index (χ1n) is 5.55. The van der Waals surface area contributed by atoms with E-state index in [1.165, 1.54) is 0 Å². The van der Waals surface area contributed by atoms with E-state index in [-0.39, 0.29) is 11.2 Å². The van der Waals surface area contributed by atoms with Crippen LogP contribution >= 0.6 is 11.8 Å². The van der Waals surface area contributed by atoms with Crippen molar-refractivity contribution in [3.8, 4) is 0 Å². The molecule has 2 unspecified atom stereocenters. The molecule has 0 radical (unpaired) electrons. The van der Waals surface area contributed by atoms with Crippen LogP contribution in [0.5, 0.6) is 0 Å².